The third-order valence-corrected chi connectivity index (χ3v) is 2.37. The van der Waals surface area contributed by atoms with Gasteiger partial charge in [0.15, 0.2) is 0 Å². The van der Waals surface area contributed by atoms with Gasteiger partial charge in [-0.25, -0.2) is 0 Å². The number of rotatable bonds is 6. The number of aryl methyl sites for hydroxylation is 1. The van der Waals surface area contributed by atoms with Crippen molar-refractivity contribution in [2.75, 3.05) is 13.2 Å². The predicted molar refractivity (Wildman–Crippen MR) is 67.9 cm³/mol. The highest BCUT2D eigenvalue weighted by molar-refractivity contribution is 5.76. The van der Waals surface area contributed by atoms with E-state index in [1.807, 2.05) is 32.0 Å². The molecule has 0 aromatic heterocycles. The molecular weight excluding hydrogens is 216 g/mol. The van der Waals surface area contributed by atoms with E-state index in [1.54, 1.807) is 0 Å². The van der Waals surface area contributed by atoms with E-state index in [0.717, 1.165) is 16.9 Å². The molecule has 1 aromatic rings. The van der Waals surface area contributed by atoms with Gasteiger partial charge in [-0.15, -0.1) is 0 Å². The van der Waals surface area contributed by atoms with E-state index >= 15 is 0 Å². The molecule has 0 radical (unpaired) electrons. The number of carbonyl (C=O) groups is 1. The van der Waals surface area contributed by atoms with Gasteiger partial charge in [0, 0.05) is 25.1 Å². The summed E-state index contributed by atoms with van der Waals surface area (Å²) in [6.45, 7) is 5.43. The first kappa shape index (κ1) is 13.5. The van der Waals surface area contributed by atoms with Crippen LogP contribution in [0.2, 0.25) is 0 Å². The van der Waals surface area contributed by atoms with E-state index in [2.05, 4.69) is 5.32 Å². The monoisotopic (exact) mass is 236 g/mol. The Hall–Kier alpha value is -1.55. The van der Waals surface area contributed by atoms with Gasteiger partial charge in [0.05, 0.1) is 6.61 Å². The van der Waals surface area contributed by atoms with Crippen molar-refractivity contribution in [3.63, 3.8) is 0 Å². The summed E-state index contributed by atoms with van der Waals surface area (Å²) >= 11 is 0. The minimum atomic E-state index is -0.0319. The van der Waals surface area contributed by atoms with Crippen molar-refractivity contribution in [1.29, 1.82) is 0 Å². The summed E-state index contributed by atoms with van der Waals surface area (Å²) in [6, 6.07) is 5.96. The zero-order valence-corrected chi connectivity index (χ0v) is 10.5. The molecule has 1 amide bonds. The van der Waals surface area contributed by atoms with Crippen LogP contribution in [0.1, 0.15) is 24.5 Å². The normalized spacial score (nSPS) is 10.1. The molecule has 0 bridgehead atoms. The van der Waals surface area contributed by atoms with Crippen molar-refractivity contribution in [3.05, 3.63) is 29.3 Å². The first-order valence-electron chi connectivity index (χ1n) is 5.86. The van der Waals surface area contributed by atoms with E-state index in [1.165, 1.54) is 0 Å². The van der Waals surface area contributed by atoms with Gasteiger partial charge in [-0.3, -0.25) is 4.79 Å². The molecule has 1 rings (SSSR count). The van der Waals surface area contributed by atoms with Crippen molar-refractivity contribution in [3.8, 4) is 5.75 Å². The molecule has 0 aliphatic carbocycles. The van der Waals surface area contributed by atoms with Gasteiger partial charge in [0.2, 0.25) is 5.91 Å². The Labute approximate surface area is 102 Å². The van der Waals surface area contributed by atoms with E-state index < -0.39 is 0 Å². The highest BCUT2D eigenvalue weighted by Crippen LogP contribution is 2.20. The van der Waals surface area contributed by atoms with Gasteiger partial charge in [-0.2, -0.15) is 0 Å². The number of benzene rings is 1. The molecule has 0 heterocycles. The molecule has 17 heavy (non-hydrogen) atoms. The molecule has 0 spiro atoms. The number of nitrogens with two attached hydrogens (primary N) is 1. The molecule has 4 heteroatoms. The van der Waals surface area contributed by atoms with Crippen molar-refractivity contribution in [2.45, 2.75) is 26.8 Å². The van der Waals surface area contributed by atoms with Crippen LogP contribution in [0, 0.1) is 6.92 Å². The maximum Gasteiger partial charge on any atom is 0.221 e. The Morgan fingerprint density at radius 2 is 2.24 bits per heavy atom. The molecule has 0 unspecified atom stereocenters. The molecular formula is C13H20N2O2. The third kappa shape index (κ3) is 4.44. The van der Waals surface area contributed by atoms with E-state index in [0.29, 0.717) is 26.1 Å². The van der Waals surface area contributed by atoms with Crippen molar-refractivity contribution in [2.24, 2.45) is 5.73 Å². The fourth-order valence-corrected chi connectivity index (χ4v) is 1.51. The van der Waals surface area contributed by atoms with Gasteiger partial charge in [-0.05, 0) is 25.5 Å². The molecule has 1 aromatic carbocycles. The summed E-state index contributed by atoms with van der Waals surface area (Å²) in [5.41, 5.74) is 7.44. The van der Waals surface area contributed by atoms with E-state index in [9.17, 15) is 4.79 Å². The van der Waals surface area contributed by atoms with Crippen LogP contribution < -0.4 is 15.8 Å². The quantitative estimate of drug-likeness (QED) is 0.783. The molecule has 0 saturated carbocycles. The van der Waals surface area contributed by atoms with Gasteiger partial charge < -0.3 is 15.8 Å². The van der Waals surface area contributed by atoms with Crippen LogP contribution in [-0.4, -0.2) is 19.1 Å². The van der Waals surface area contributed by atoms with Gasteiger partial charge in [0.1, 0.15) is 5.75 Å². The highest BCUT2D eigenvalue weighted by atomic mass is 16.5. The molecule has 0 aliphatic rings. The summed E-state index contributed by atoms with van der Waals surface area (Å²) in [7, 11) is 0. The van der Waals surface area contributed by atoms with Crippen molar-refractivity contribution in [1.82, 2.24) is 5.32 Å². The Morgan fingerprint density at radius 3 is 2.88 bits per heavy atom. The maximum absolute atomic E-state index is 11.3. The zero-order chi connectivity index (χ0) is 12.7. The molecule has 0 aliphatic heterocycles. The average molecular weight is 236 g/mol. The van der Waals surface area contributed by atoms with E-state index in [4.69, 9.17) is 10.5 Å². The van der Waals surface area contributed by atoms with Gasteiger partial charge >= 0.3 is 0 Å². The topological polar surface area (TPSA) is 64.3 Å². The number of ether oxygens (including phenoxy) is 1. The molecule has 0 fully saturated rings. The van der Waals surface area contributed by atoms with Crippen molar-refractivity contribution < 1.29 is 9.53 Å². The lowest BCUT2D eigenvalue weighted by Gasteiger charge is -2.11. The lowest BCUT2D eigenvalue weighted by Crippen LogP contribution is -2.25. The molecule has 3 N–H and O–H groups in total. The lowest BCUT2D eigenvalue weighted by molar-refractivity contribution is -0.121. The Balaban J connectivity index is 2.66. The van der Waals surface area contributed by atoms with Crippen LogP contribution >= 0.6 is 0 Å². The Bertz CT molecular complexity index is 378. The van der Waals surface area contributed by atoms with Gasteiger partial charge in [0.25, 0.3) is 0 Å². The Kier molecular flexibility index (Phi) is 5.49. The largest absolute Gasteiger partial charge is 0.494 e. The molecule has 94 valence electrons. The van der Waals surface area contributed by atoms with Crippen LogP contribution in [0.15, 0.2) is 18.2 Å². The summed E-state index contributed by atoms with van der Waals surface area (Å²) in [4.78, 5) is 11.3. The van der Waals surface area contributed by atoms with Crippen LogP contribution in [0.25, 0.3) is 0 Å². The predicted octanol–water partition coefficient (Wildman–Crippen LogP) is 1.36. The van der Waals surface area contributed by atoms with E-state index in [-0.39, 0.29) is 5.91 Å². The molecule has 0 saturated heterocycles. The fourth-order valence-electron chi connectivity index (χ4n) is 1.51. The second kappa shape index (κ2) is 6.91. The lowest BCUT2D eigenvalue weighted by atomic mass is 10.1. The number of hydrogen-bond acceptors (Lipinski definition) is 3. The summed E-state index contributed by atoms with van der Waals surface area (Å²) in [5, 5.41) is 2.82. The fraction of sp³-hybridized carbons (Fsp3) is 0.462. The number of carbonyl (C=O) groups excluding carboxylic acids is 1. The van der Waals surface area contributed by atoms with Crippen LogP contribution in [0.5, 0.6) is 5.75 Å². The second-order valence-corrected chi connectivity index (χ2v) is 3.86. The summed E-state index contributed by atoms with van der Waals surface area (Å²) in [5.74, 6) is 0.802. The third-order valence-electron chi connectivity index (χ3n) is 2.37. The standard InChI is InChI=1S/C13H20N2O2/c1-3-17-12-8-10(2)4-5-11(12)9-15-13(16)6-7-14/h4-5,8H,3,6-7,9,14H2,1-2H3,(H,15,16). The zero-order valence-electron chi connectivity index (χ0n) is 10.5. The number of nitrogens with one attached hydrogen (secondary N) is 1. The second-order valence-electron chi connectivity index (χ2n) is 3.86. The van der Waals surface area contributed by atoms with Crippen molar-refractivity contribution >= 4 is 5.91 Å². The first-order chi connectivity index (χ1) is 8.17. The highest BCUT2D eigenvalue weighted by Gasteiger charge is 2.05. The molecule has 4 nitrogen and oxygen atoms in total. The SMILES string of the molecule is CCOc1cc(C)ccc1CNC(=O)CCN. The number of amides is 1. The minimum Gasteiger partial charge on any atom is -0.494 e. The smallest absolute Gasteiger partial charge is 0.221 e. The number of hydrogen-bond donors (Lipinski definition) is 2. The Morgan fingerprint density at radius 1 is 1.47 bits per heavy atom. The maximum atomic E-state index is 11.3. The van der Waals surface area contributed by atoms with Crippen LogP contribution in [0.3, 0.4) is 0 Å². The van der Waals surface area contributed by atoms with Crippen LogP contribution in [0.4, 0.5) is 0 Å². The summed E-state index contributed by atoms with van der Waals surface area (Å²) < 4.78 is 5.53. The van der Waals surface area contributed by atoms with Crippen LogP contribution in [-0.2, 0) is 11.3 Å². The first-order valence-corrected chi connectivity index (χ1v) is 5.86. The summed E-state index contributed by atoms with van der Waals surface area (Å²) in [6.07, 6.45) is 0.357. The van der Waals surface area contributed by atoms with Gasteiger partial charge in [-0.1, -0.05) is 12.1 Å². The average Bonchev–Trinajstić information content (AvgIpc) is 2.29. The minimum absolute atomic E-state index is 0.0319. The molecule has 0 atom stereocenters.